The lowest BCUT2D eigenvalue weighted by Gasteiger charge is -2.08. The van der Waals surface area contributed by atoms with Crippen LogP contribution in [0.25, 0.3) is 0 Å². The summed E-state index contributed by atoms with van der Waals surface area (Å²) in [6.07, 6.45) is -0.943. The van der Waals surface area contributed by atoms with Crippen LogP contribution in [0.4, 0.5) is 0 Å². The van der Waals surface area contributed by atoms with E-state index in [1.807, 2.05) is 0 Å². The van der Waals surface area contributed by atoms with Crippen molar-refractivity contribution in [2.24, 2.45) is 0 Å². The molecule has 1 aliphatic rings. The van der Waals surface area contributed by atoms with Gasteiger partial charge in [0.05, 0.1) is 19.1 Å². The van der Waals surface area contributed by atoms with E-state index in [1.165, 1.54) is 7.11 Å². The van der Waals surface area contributed by atoms with Gasteiger partial charge in [-0.2, -0.15) is 0 Å². The lowest BCUT2D eigenvalue weighted by atomic mass is 10.0. The molecule has 0 aromatic heterocycles. The Kier molecular flexibility index (Phi) is 2.52. The molecule has 0 fully saturated rings. The molecule has 5 heteroatoms. The minimum atomic E-state index is -1.01. The van der Waals surface area contributed by atoms with Gasteiger partial charge in [0.15, 0.2) is 0 Å². The number of hydrogen-bond donors (Lipinski definition) is 1. The number of hydrogen-bond acceptors (Lipinski definition) is 4. The minimum absolute atomic E-state index is 0.230. The summed E-state index contributed by atoms with van der Waals surface area (Å²) < 4.78 is 9.98. The van der Waals surface area contributed by atoms with E-state index < -0.39 is 18.0 Å². The van der Waals surface area contributed by atoms with Crippen molar-refractivity contribution in [3.8, 4) is 5.75 Å². The van der Waals surface area contributed by atoms with Crippen molar-refractivity contribution < 1.29 is 24.2 Å². The van der Waals surface area contributed by atoms with Crippen LogP contribution >= 0.6 is 0 Å². The molecule has 1 aromatic carbocycles. The van der Waals surface area contributed by atoms with Crippen molar-refractivity contribution in [1.29, 1.82) is 0 Å². The SMILES string of the molecule is COc1ccc2c(c1)[C@@H](CC(=O)O)OC2=O. The number of methoxy groups -OCH3 is 1. The van der Waals surface area contributed by atoms with Gasteiger partial charge in [0.25, 0.3) is 0 Å². The largest absolute Gasteiger partial charge is 0.497 e. The minimum Gasteiger partial charge on any atom is -0.497 e. The van der Waals surface area contributed by atoms with Gasteiger partial charge >= 0.3 is 11.9 Å². The van der Waals surface area contributed by atoms with E-state index in [4.69, 9.17) is 14.6 Å². The third-order valence-electron chi connectivity index (χ3n) is 2.43. The highest BCUT2D eigenvalue weighted by Crippen LogP contribution is 2.35. The summed E-state index contributed by atoms with van der Waals surface area (Å²) in [7, 11) is 1.51. The van der Waals surface area contributed by atoms with Gasteiger partial charge in [-0.1, -0.05) is 0 Å². The van der Waals surface area contributed by atoms with Crippen molar-refractivity contribution in [1.82, 2.24) is 0 Å². The number of ether oxygens (including phenoxy) is 2. The second-order valence-corrected chi connectivity index (χ2v) is 3.44. The van der Waals surface area contributed by atoms with Crippen LogP contribution in [0.5, 0.6) is 5.75 Å². The number of carboxylic acid groups (broad SMARTS) is 1. The van der Waals surface area contributed by atoms with Crippen LogP contribution in [0.2, 0.25) is 0 Å². The molecule has 16 heavy (non-hydrogen) atoms. The van der Waals surface area contributed by atoms with Crippen LogP contribution in [0, 0.1) is 0 Å². The molecule has 1 heterocycles. The van der Waals surface area contributed by atoms with Gasteiger partial charge in [-0.3, -0.25) is 4.79 Å². The third kappa shape index (κ3) is 1.71. The topological polar surface area (TPSA) is 72.8 Å². The Bertz CT molecular complexity index is 450. The fourth-order valence-electron chi connectivity index (χ4n) is 1.69. The molecule has 0 unspecified atom stereocenters. The average Bonchev–Trinajstić information content (AvgIpc) is 2.54. The molecule has 1 aliphatic heterocycles. The molecule has 0 aliphatic carbocycles. The maximum Gasteiger partial charge on any atom is 0.339 e. The van der Waals surface area contributed by atoms with Crippen LogP contribution in [0.1, 0.15) is 28.4 Å². The predicted octanol–water partition coefficient (Wildman–Crippen LogP) is 1.38. The molecular formula is C11H10O5. The molecule has 1 N–H and O–H groups in total. The molecule has 0 saturated heterocycles. The molecule has 1 atom stereocenters. The van der Waals surface area contributed by atoms with E-state index in [9.17, 15) is 9.59 Å². The normalized spacial score (nSPS) is 17.8. The summed E-state index contributed by atoms with van der Waals surface area (Å²) in [5, 5.41) is 8.69. The number of esters is 1. The molecule has 2 rings (SSSR count). The van der Waals surface area contributed by atoms with E-state index in [0.29, 0.717) is 16.9 Å². The second kappa shape index (κ2) is 3.84. The van der Waals surface area contributed by atoms with Crippen LogP contribution in [0.3, 0.4) is 0 Å². The first-order chi connectivity index (χ1) is 7.61. The van der Waals surface area contributed by atoms with E-state index in [2.05, 4.69) is 0 Å². The summed E-state index contributed by atoms with van der Waals surface area (Å²) in [4.78, 5) is 22.0. The van der Waals surface area contributed by atoms with Crippen molar-refractivity contribution in [2.75, 3.05) is 7.11 Å². The maximum atomic E-state index is 11.4. The summed E-state index contributed by atoms with van der Waals surface area (Å²) >= 11 is 0. The fraction of sp³-hybridized carbons (Fsp3) is 0.273. The summed E-state index contributed by atoms with van der Waals surface area (Å²) in [6.45, 7) is 0. The Hall–Kier alpha value is -2.04. The van der Waals surface area contributed by atoms with Crippen LogP contribution in [0.15, 0.2) is 18.2 Å². The number of carboxylic acids is 1. The molecule has 0 spiro atoms. The Balaban J connectivity index is 2.38. The zero-order valence-corrected chi connectivity index (χ0v) is 8.60. The monoisotopic (exact) mass is 222 g/mol. The lowest BCUT2D eigenvalue weighted by Crippen LogP contribution is -2.05. The quantitative estimate of drug-likeness (QED) is 0.782. The first kappa shape index (κ1) is 10.5. The Morgan fingerprint density at radius 2 is 2.31 bits per heavy atom. The smallest absolute Gasteiger partial charge is 0.339 e. The van der Waals surface area contributed by atoms with Gasteiger partial charge in [0.1, 0.15) is 11.9 Å². The highest BCUT2D eigenvalue weighted by Gasteiger charge is 2.32. The summed E-state index contributed by atoms with van der Waals surface area (Å²) in [6, 6.07) is 4.86. The van der Waals surface area contributed by atoms with E-state index >= 15 is 0 Å². The highest BCUT2D eigenvalue weighted by atomic mass is 16.5. The molecule has 0 amide bonds. The zero-order chi connectivity index (χ0) is 11.7. The average molecular weight is 222 g/mol. The number of fused-ring (bicyclic) bond motifs is 1. The van der Waals surface area contributed by atoms with Gasteiger partial charge < -0.3 is 14.6 Å². The third-order valence-corrected chi connectivity index (χ3v) is 2.43. The molecule has 1 aromatic rings. The summed E-state index contributed by atoms with van der Waals surface area (Å²) in [5.41, 5.74) is 0.985. The molecule has 0 radical (unpaired) electrons. The summed E-state index contributed by atoms with van der Waals surface area (Å²) in [5.74, 6) is -0.912. The molecule has 0 saturated carbocycles. The molecule has 5 nitrogen and oxygen atoms in total. The number of carbonyl (C=O) groups excluding carboxylic acids is 1. The Morgan fingerprint density at radius 1 is 1.56 bits per heavy atom. The number of carbonyl (C=O) groups is 2. The standard InChI is InChI=1S/C11H10O5/c1-15-6-2-3-7-8(4-6)9(5-10(12)13)16-11(7)14/h2-4,9H,5H2,1H3,(H,12,13)/t9-/m1/s1. The second-order valence-electron chi connectivity index (χ2n) is 3.44. The van der Waals surface area contributed by atoms with Crippen molar-refractivity contribution in [3.05, 3.63) is 29.3 Å². The van der Waals surface area contributed by atoms with E-state index in [0.717, 1.165) is 0 Å². The van der Waals surface area contributed by atoms with Crippen LogP contribution in [-0.2, 0) is 9.53 Å². The van der Waals surface area contributed by atoms with Gasteiger partial charge in [-0.25, -0.2) is 4.79 Å². The van der Waals surface area contributed by atoms with E-state index in [-0.39, 0.29) is 6.42 Å². The number of benzene rings is 1. The zero-order valence-electron chi connectivity index (χ0n) is 8.60. The van der Waals surface area contributed by atoms with Crippen molar-refractivity contribution >= 4 is 11.9 Å². The Morgan fingerprint density at radius 3 is 2.94 bits per heavy atom. The predicted molar refractivity (Wildman–Crippen MR) is 53.4 cm³/mol. The van der Waals surface area contributed by atoms with Gasteiger partial charge in [0.2, 0.25) is 0 Å². The maximum absolute atomic E-state index is 11.4. The highest BCUT2D eigenvalue weighted by molar-refractivity contribution is 5.94. The van der Waals surface area contributed by atoms with Gasteiger partial charge in [-0.15, -0.1) is 0 Å². The molecule has 84 valence electrons. The number of cyclic esters (lactones) is 1. The number of aliphatic carboxylic acids is 1. The van der Waals surface area contributed by atoms with Gasteiger partial charge in [-0.05, 0) is 18.2 Å². The lowest BCUT2D eigenvalue weighted by molar-refractivity contribution is -0.139. The van der Waals surface area contributed by atoms with Crippen LogP contribution < -0.4 is 4.74 Å². The Labute approximate surface area is 91.6 Å². The van der Waals surface area contributed by atoms with E-state index in [1.54, 1.807) is 18.2 Å². The molecular weight excluding hydrogens is 212 g/mol. The van der Waals surface area contributed by atoms with Crippen LogP contribution in [-0.4, -0.2) is 24.2 Å². The number of rotatable bonds is 3. The van der Waals surface area contributed by atoms with Crippen molar-refractivity contribution in [2.45, 2.75) is 12.5 Å². The first-order valence-electron chi connectivity index (χ1n) is 4.72. The molecule has 0 bridgehead atoms. The first-order valence-corrected chi connectivity index (χ1v) is 4.72. The fourth-order valence-corrected chi connectivity index (χ4v) is 1.69. The van der Waals surface area contributed by atoms with Gasteiger partial charge in [0, 0.05) is 5.56 Å². The van der Waals surface area contributed by atoms with Crippen molar-refractivity contribution in [3.63, 3.8) is 0 Å².